The van der Waals surface area contributed by atoms with Gasteiger partial charge in [0, 0.05) is 49.1 Å². The van der Waals surface area contributed by atoms with Crippen molar-refractivity contribution < 1.29 is 26.7 Å². The SMILES string of the molecule is Cc1nn(C)c(C(=O)N(C)c2ccc(F)c(CNI)c2F)c1C(F)(F)F. The van der Waals surface area contributed by atoms with Gasteiger partial charge in [-0.05, 0) is 19.1 Å². The van der Waals surface area contributed by atoms with Crippen LogP contribution < -0.4 is 8.43 Å². The summed E-state index contributed by atoms with van der Waals surface area (Å²) in [6.07, 6.45) is -4.80. The van der Waals surface area contributed by atoms with E-state index < -0.39 is 35.0 Å². The average molecular weight is 488 g/mol. The number of aromatic nitrogens is 2. The molecule has 0 spiro atoms. The van der Waals surface area contributed by atoms with E-state index in [-0.39, 0.29) is 23.5 Å². The van der Waals surface area contributed by atoms with Crippen molar-refractivity contribution in [1.82, 2.24) is 13.3 Å². The first-order valence-electron chi connectivity index (χ1n) is 7.19. The van der Waals surface area contributed by atoms with Gasteiger partial charge >= 0.3 is 6.18 Å². The van der Waals surface area contributed by atoms with Crippen LogP contribution in [0.3, 0.4) is 0 Å². The number of carbonyl (C=O) groups excluding carboxylic acids is 1. The summed E-state index contributed by atoms with van der Waals surface area (Å²) in [5.41, 5.74) is -2.95. The number of aryl methyl sites for hydroxylation is 2. The molecule has 0 aliphatic carbocycles. The van der Waals surface area contributed by atoms with Crippen molar-refractivity contribution in [3.63, 3.8) is 0 Å². The van der Waals surface area contributed by atoms with Crippen LogP contribution in [0.25, 0.3) is 0 Å². The van der Waals surface area contributed by atoms with Crippen LogP contribution in [0.1, 0.15) is 27.3 Å². The number of nitrogens with zero attached hydrogens (tertiary/aromatic N) is 3. The predicted octanol–water partition coefficient (Wildman–Crippen LogP) is 3.74. The molecule has 1 N–H and O–H groups in total. The van der Waals surface area contributed by atoms with E-state index in [0.717, 1.165) is 30.8 Å². The minimum Gasteiger partial charge on any atom is -0.307 e. The molecule has 0 bridgehead atoms. The second-order valence-electron chi connectivity index (χ2n) is 5.46. The zero-order valence-electron chi connectivity index (χ0n) is 13.9. The maximum absolute atomic E-state index is 14.6. The number of alkyl halides is 3. The van der Waals surface area contributed by atoms with Crippen molar-refractivity contribution in [2.75, 3.05) is 11.9 Å². The van der Waals surface area contributed by atoms with Crippen molar-refractivity contribution in [2.45, 2.75) is 19.6 Å². The Morgan fingerprint density at radius 1 is 1.35 bits per heavy atom. The second-order valence-corrected chi connectivity index (χ2v) is 6.23. The Kier molecular flexibility index (Phi) is 5.90. The van der Waals surface area contributed by atoms with Crippen molar-refractivity contribution >= 4 is 34.5 Å². The first kappa shape index (κ1) is 20.6. The number of hydrogen-bond acceptors (Lipinski definition) is 3. The summed E-state index contributed by atoms with van der Waals surface area (Å²) in [6, 6.07) is 1.94. The van der Waals surface area contributed by atoms with E-state index >= 15 is 0 Å². The molecule has 1 heterocycles. The molecular weight excluding hydrogens is 474 g/mol. The fraction of sp³-hybridized carbons (Fsp3) is 0.333. The summed E-state index contributed by atoms with van der Waals surface area (Å²) in [5, 5.41) is 3.64. The average Bonchev–Trinajstić information content (AvgIpc) is 2.84. The molecule has 2 rings (SSSR count). The molecule has 142 valence electrons. The summed E-state index contributed by atoms with van der Waals surface area (Å²) >= 11 is 1.70. The lowest BCUT2D eigenvalue weighted by atomic mass is 10.1. The summed E-state index contributed by atoms with van der Waals surface area (Å²) in [5.74, 6) is -2.97. The largest absolute Gasteiger partial charge is 0.420 e. The van der Waals surface area contributed by atoms with Crippen LogP contribution in [0.15, 0.2) is 12.1 Å². The van der Waals surface area contributed by atoms with Gasteiger partial charge in [0.15, 0.2) is 5.82 Å². The quantitative estimate of drug-likeness (QED) is 0.406. The fourth-order valence-electron chi connectivity index (χ4n) is 2.58. The summed E-state index contributed by atoms with van der Waals surface area (Å²) in [6.45, 7) is 0.967. The van der Waals surface area contributed by atoms with Crippen LogP contribution >= 0.6 is 22.9 Å². The van der Waals surface area contributed by atoms with Crippen molar-refractivity contribution in [3.05, 3.63) is 46.3 Å². The highest BCUT2D eigenvalue weighted by molar-refractivity contribution is 14.1. The van der Waals surface area contributed by atoms with E-state index in [1.165, 1.54) is 7.05 Å². The van der Waals surface area contributed by atoms with Gasteiger partial charge in [0.25, 0.3) is 5.91 Å². The molecule has 0 unspecified atom stereocenters. The van der Waals surface area contributed by atoms with Crippen molar-refractivity contribution in [1.29, 1.82) is 0 Å². The van der Waals surface area contributed by atoms with Gasteiger partial charge in [0.1, 0.15) is 17.1 Å². The van der Waals surface area contributed by atoms with Crippen LogP contribution in [-0.2, 0) is 19.8 Å². The standard InChI is InChI=1S/C15H14F5IN4O/c1-7-11(15(18,19)20)13(25(3)23-7)14(26)24(2)10-5-4-9(16)8(6-22-21)12(10)17/h4-5,22H,6H2,1-3H3. The Morgan fingerprint density at radius 3 is 2.50 bits per heavy atom. The Bertz CT molecular complexity index is 850. The topological polar surface area (TPSA) is 50.2 Å². The Balaban J connectivity index is 2.55. The molecule has 0 radical (unpaired) electrons. The van der Waals surface area contributed by atoms with E-state index in [0.29, 0.717) is 4.90 Å². The van der Waals surface area contributed by atoms with Crippen LogP contribution in [0.4, 0.5) is 27.6 Å². The van der Waals surface area contributed by atoms with Gasteiger partial charge in [-0.2, -0.15) is 18.3 Å². The monoisotopic (exact) mass is 488 g/mol. The number of amides is 1. The van der Waals surface area contributed by atoms with Gasteiger partial charge in [0.2, 0.25) is 0 Å². The van der Waals surface area contributed by atoms with Crippen molar-refractivity contribution in [3.8, 4) is 0 Å². The molecule has 11 heteroatoms. The summed E-state index contributed by atoms with van der Waals surface area (Å²) in [4.78, 5) is 13.3. The molecule has 2 aromatic rings. The molecule has 1 aromatic carbocycles. The summed E-state index contributed by atoms with van der Waals surface area (Å²) in [7, 11) is 2.30. The third-order valence-electron chi connectivity index (χ3n) is 3.78. The molecule has 0 aliphatic heterocycles. The molecule has 0 aliphatic rings. The van der Waals surface area contributed by atoms with Crippen LogP contribution in [0, 0.1) is 18.6 Å². The molecule has 0 saturated heterocycles. The smallest absolute Gasteiger partial charge is 0.307 e. The predicted molar refractivity (Wildman–Crippen MR) is 92.9 cm³/mol. The lowest BCUT2D eigenvalue weighted by molar-refractivity contribution is -0.138. The molecule has 26 heavy (non-hydrogen) atoms. The minimum absolute atomic E-state index is 0.160. The number of anilines is 1. The number of rotatable bonds is 4. The molecular formula is C15H14F5IN4O. The molecule has 5 nitrogen and oxygen atoms in total. The zero-order chi connectivity index (χ0) is 19.8. The number of carbonyl (C=O) groups is 1. The highest BCUT2D eigenvalue weighted by Gasteiger charge is 2.41. The van der Waals surface area contributed by atoms with Gasteiger partial charge in [0.05, 0.1) is 11.4 Å². The normalized spacial score (nSPS) is 11.7. The lowest BCUT2D eigenvalue weighted by Crippen LogP contribution is -2.31. The second kappa shape index (κ2) is 7.47. The van der Waals surface area contributed by atoms with Gasteiger partial charge in [-0.25, -0.2) is 8.78 Å². The number of halogens is 6. The Labute approximate surface area is 159 Å². The molecule has 0 saturated carbocycles. The molecule has 0 fully saturated rings. The van der Waals surface area contributed by atoms with Gasteiger partial charge in [-0.1, -0.05) is 0 Å². The van der Waals surface area contributed by atoms with Crippen LogP contribution in [-0.4, -0.2) is 22.7 Å². The van der Waals surface area contributed by atoms with Crippen LogP contribution in [0.5, 0.6) is 0 Å². The highest BCUT2D eigenvalue weighted by atomic mass is 127. The van der Waals surface area contributed by atoms with Gasteiger partial charge < -0.3 is 4.90 Å². The number of benzene rings is 1. The van der Waals surface area contributed by atoms with Crippen LogP contribution in [0.2, 0.25) is 0 Å². The lowest BCUT2D eigenvalue weighted by Gasteiger charge is -2.21. The van der Waals surface area contributed by atoms with Crippen molar-refractivity contribution in [2.24, 2.45) is 7.05 Å². The third kappa shape index (κ3) is 3.68. The molecule has 1 aromatic heterocycles. The van der Waals surface area contributed by atoms with E-state index in [2.05, 4.69) is 8.63 Å². The van der Waals surface area contributed by atoms with E-state index in [4.69, 9.17) is 0 Å². The van der Waals surface area contributed by atoms with E-state index in [1.54, 1.807) is 22.9 Å². The number of hydrogen-bond donors (Lipinski definition) is 1. The van der Waals surface area contributed by atoms with Gasteiger partial charge in [-0.3, -0.25) is 13.0 Å². The molecule has 0 atom stereocenters. The minimum atomic E-state index is -4.80. The van der Waals surface area contributed by atoms with Gasteiger partial charge in [-0.15, -0.1) is 0 Å². The summed E-state index contributed by atoms with van der Waals surface area (Å²) < 4.78 is 71.5. The fourth-order valence-corrected chi connectivity index (χ4v) is 2.97. The maximum Gasteiger partial charge on any atom is 0.420 e. The first-order chi connectivity index (χ1) is 12.0. The van der Waals surface area contributed by atoms with E-state index in [1.807, 2.05) is 0 Å². The zero-order valence-corrected chi connectivity index (χ0v) is 16.0. The Morgan fingerprint density at radius 2 is 1.96 bits per heavy atom. The highest BCUT2D eigenvalue weighted by Crippen LogP contribution is 2.35. The third-order valence-corrected chi connectivity index (χ3v) is 4.16. The van der Waals surface area contributed by atoms with E-state index in [9.17, 15) is 26.7 Å². The number of nitrogens with one attached hydrogen (secondary N) is 1. The first-order valence-corrected chi connectivity index (χ1v) is 8.27. The molecule has 1 amide bonds. The maximum atomic E-state index is 14.6. The Hall–Kier alpha value is -1.76.